The summed E-state index contributed by atoms with van der Waals surface area (Å²) in [5, 5.41) is 0. The van der Waals surface area contributed by atoms with Gasteiger partial charge < -0.3 is 4.74 Å². The Kier molecular flexibility index (Phi) is 5.62. The molecule has 3 nitrogen and oxygen atoms in total. The zero-order chi connectivity index (χ0) is 14.5. The molecule has 0 aliphatic rings. The summed E-state index contributed by atoms with van der Waals surface area (Å²) in [4.78, 5) is 0. The maximum atomic E-state index is 12.2. The molecule has 0 aliphatic heterocycles. The number of hydrogen-bond donors (Lipinski definition) is 2. The Bertz CT molecular complexity index is 396. The molecule has 0 saturated heterocycles. The zero-order valence-corrected chi connectivity index (χ0v) is 11.0. The van der Waals surface area contributed by atoms with E-state index in [9.17, 15) is 13.2 Å². The molecule has 6 heteroatoms. The number of hydrazine groups is 1. The molecular weight excluding hydrogens is 257 g/mol. The molecule has 0 aromatic heterocycles. The predicted molar refractivity (Wildman–Crippen MR) is 67.3 cm³/mol. The van der Waals surface area contributed by atoms with Gasteiger partial charge in [-0.1, -0.05) is 32.4 Å². The van der Waals surface area contributed by atoms with E-state index in [0.717, 1.165) is 12.8 Å². The van der Waals surface area contributed by atoms with Gasteiger partial charge in [0.2, 0.25) is 0 Å². The number of nitrogens with two attached hydrogens (primary N) is 1. The second-order valence-corrected chi connectivity index (χ2v) is 4.53. The fourth-order valence-corrected chi connectivity index (χ4v) is 2.12. The molecule has 108 valence electrons. The number of nitrogens with one attached hydrogen (secondary N) is 1. The third-order valence-electron chi connectivity index (χ3n) is 2.94. The lowest BCUT2D eigenvalue weighted by molar-refractivity contribution is -0.274. The van der Waals surface area contributed by atoms with Crippen LogP contribution in [0.2, 0.25) is 0 Å². The SMILES string of the molecule is CCCC(C)C(NN)c1cccc(OC(F)(F)F)c1. The molecule has 0 saturated carbocycles. The van der Waals surface area contributed by atoms with E-state index >= 15 is 0 Å². The minimum absolute atomic E-state index is 0.197. The Hall–Kier alpha value is -1.27. The molecule has 0 bridgehead atoms. The molecule has 2 unspecified atom stereocenters. The summed E-state index contributed by atoms with van der Waals surface area (Å²) in [5.74, 6) is 5.49. The van der Waals surface area contributed by atoms with Crippen molar-refractivity contribution in [2.45, 2.75) is 39.1 Å². The second-order valence-electron chi connectivity index (χ2n) is 4.53. The fourth-order valence-electron chi connectivity index (χ4n) is 2.12. The minimum Gasteiger partial charge on any atom is -0.406 e. The van der Waals surface area contributed by atoms with Crippen LogP contribution in [-0.2, 0) is 0 Å². The zero-order valence-electron chi connectivity index (χ0n) is 11.0. The first-order valence-corrected chi connectivity index (χ1v) is 6.19. The molecule has 19 heavy (non-hydrogen) atoms. The predicted octanol–water partition coefficient (Wildman–Crippen LogP) is 3.53. The summed E-state index contributed by atoms with van der Waals surface area (Å²) >= 11 is 0. The average molecular weight is 276 g/mol. The number of halogens is 3. The fraction of sp³-hybridized carbons (Fsp3) is 0.538. The van der Waals surface area contributed by atoms with Crippen molar-refractivity contribution in [1.29, 1.82) is 0 Å². The van der Waals surface area contributed by atoms with E-state index in [1.165, 1.54) is 18.2 Å². The van der Waals surface area contributed by atoms with Crippen LogP contribution in [0.5, 0.6) is 5.75 Å². The molecule has 0 spiro atoms. The maximum absolute atomic E-state index is 12.2. The van der Waals surface area contributed by atoms with Gasteiger partial charge >= 0.3 is 6.36 Å². The van der Waals surface area contributed by atoms with Crippen LogP contribution in [-0.4, -0.2) is 6.36 Å². The van der Waals surface area contributed by atoms with Gasteiger partial charge in [-0.25, -0.2) is 0 Å². The minimum atomic E-state index is -4.68. The molecule has 0 amide bonds. The standard InChI is InChI=1S/C13H19F3N2O/c1-3-5-9(2)12(18-17)10-6-4-7-11(8-10)19-13(14,15)16/h4,6-9,12,18H,3,5,17H2,1-2H3. The number of benzene rings is 1. The molecule has 1 aromatic carbocycles. The molecule has 0 heterocycles. The summed E-state index contributed by atoms with van der Waals surface area (Å²) < 4.78 is 40.4. The van der Waals surface area contributed by atoms with Crippen molar-refractivity contribution >= 4 is 0 Å². The Morgan fingerprint density at radius 1 is 1.37 bits per heavy atom. The number of ether oxygens (including phenoxy) is 1. The number of alkyl halides is 3. The van der Waals surface area contributed by atoms with Gasteiger partial charge in [-0.3, -0.25) is 11.3 Å². The van der Waals surface area contributed by atoms with Crippen molar-refractivity contribution in [3.63, 3.8) is 0 Å². The van der Waals surface area contributed by atoms with Crippen LogP contribution < -0.4 is 16.0 Å². The van der Waals surface area contributed by atoms with Crippen LogP contribution in [0.25, 0.3) is 0 Å². The van der Waals surface area contributed by atoms with Crippen molar-refractivity contribution in [3.8, 4) is 5.75 Å². The summed E-state index contributed by atoms with van der Waals surface area (Å²) in [6.07, 6.45) is -2.77. The summed E-state index contributed by atoms with van der Waals surface area (Å²) in [5.41, 5.74) is 3.34. The van der Waals surface area contributed by atoms with Crippen molar-refractivity contribution in [2.24, 2.45) is 11.8 Å². The van der Waals surface area contributed by atoms with Crippen molar-refractivity contribution < 1.29 is 17.9 Å². The topological polar surface area (TPSA) is 47.3 Å². The highest BCUT2D eigenvalue weighted by atomic mass is 19.4. The van der Waals surface area contributed by atoms with Gasteiger partial charge in [0.1, 0.15) is 5.75 Å². The van der Waals surface area contributed by atoms with Crippen LogP contribution in [0.15, 0.2) is 24.3 Å². The monoisotopic (exact) mass is 276 g/mol. The van der Waals surface area contributed by atoms with Crippen LogP contribution in [0.1, 0.15) is 38.3 Å². The maximum Gasteiger partial charge on any atom is 0.573 e. The first-order chi connectivity index (χ1) is 8.87. The Balaban J connectivity index is 2.90. The van der Waals surface area contributed by atoms with Crippen molar-refractivity contribution in [3.05, 3.63) is 29.8 Å². The van der Waals surface area contributed by atoms with Gasteiger partial charge in [0.15, 0.2) is 0 Å². The highest BCUT2D eigenvalue weighted by Gasteiger charge is 2.31. The third-order valence-corrected chi connectivity index (χ3v) is 2.94. The summed E-state index contributed by atoms with van der Waals surface area (Å²) in [6, 6.07) is 5.70. The van der Waals surface area contributed by atoms with Gasteiger partial charge in [0, 0.05) is 6.04 Å². The van der Waals surface area contributed by atoms with E-state index in [2.05, 4.69) is 10.2 Å². The Labute approximate surface area is 110 Å². The van der Waals surface area contributed by atoms with E-state index in [4.69, 9.17) is 5.84 Å². The van der Waals surface area contributed by atoms with Crippen molar-refractivity contribution in [1.82, 2.24) is 5.43 Å². The number of hydrogen-bond acceptors (Lipinski definition) is 3. The smallest absolute Gasteiger partial charge is 0.406 e. The molecule has 0 radical (unpaired) electrons. The van der Waals surface area contributed by atoms with Gasteiger partial charge in [-0.15, -0.1) is 13.2 Å². The van der Waals surface area contributed by atoms with Gasteiger partial charge in [-0.05, 0) is 30.0 Å². The van der Waals surface area contributed by atoms with Gasteiger partial charge in [0.05, 0.1) is 0 Å². The molecule has 3 N–H and O–H groups in total. The lowest BCUT2D eigenvalue weighted by Crippen LogP contribution is -2.32. The van der Waals surface area contributed by atoms with E-state index in [-0.39, 0.29) is 17.7 Å². The van der Waals surface area contributed by atoms with Crippen LogP contribution >= 0.6 is 0 Å². The quantitative estimate of drug-likeness (QED) is 0.617. The first-order valence-electron chi connectivity index (χ1n) is 6.19. The second kappa shape index (κ2) is 6.77. The van der Waals surface area contributed by atoms with Crippen molar-refractivity contribution in [2.75, 3.05) is 0 Å². The largest absolute Gasteiger partial charge is 0.573 e. The lowest BCUT2D eigenvalue weighted by atomic mass is 9.91. The Morgan fingerprint density at radius 2 is 2.05 bits per heavy atom. The summed E-state index contributed by atoms with van der Waals surface area (Å²) in [7, 11) is 0. The number of rotatable bonds is 6. The van der Waals surface area contributed by atoms with E-state index < -0.39 is 6.36 Å². The molecule has 1 aromatic rings. The third kappa shape index (κ3) is 5.08. The van der Waals surface area contributed by atoms with Gasteiger partial charge in [0.25, 0.3) is 0 Å². The van der Waals surface area contributed by atoms with E-state index in [1.54, 1.807) is 6.07 Å². The molecule has 0 fully saturated rings. The lowest BCUT2D eigenvalue weighted by Gasteiger charge is -2.23. The van der Waals surface area contributed by atoms with E-state index in [1.807, 2.05) is 13.8 Å². The van der Waals surface area contributed by atoms with E-state index in [0.29, 0.717) is 5.56 Å². The molecule has 1 rings (SSSR count). The highest BCUT2D eigenvalue weighted by molar-refractivity contribution is 5.31. The van der Waals surface area contributed by atoms with Crippen LogP contribution in [0, 0.1) is 5.92 Å². The molecule has 2 atom stereocenters. The van der Waals surface area contributed by atoms with Crippen LogP contribution in [0.3, 0.4) is 0 Å². The molecule has 0 aliphatic carbocycles. The Morgan fingerprint density at radius 3 is 2.58 bits per heavy atom. The van der Waals surface area contributed by atoms with Crippen LogP contribution in [0.4, 0.5) is 13.2 Å². The summed E-state index contributed by atoms with van der Waals surface area (Å²) in [6.45, 7) is 4.05. The first kappa shape index (κ1) is 15.8. The van der Waals surface area contributed by atoms with Gasteiger partial charge in [-0.2, -0.15) is 0 Å². The molecular formula is C13H19F3N2O. The normalized spacial score (nSPS) is 15.1. The highest BCUT2D eigenvalue weighted by Crippen LogP contribution is 2.29. The average Bonchev–Trinajstić information content (AvgIpc) is 2.28.